The normalized spacial score (nSPS) is 19.6. The van der Waals surface area contributed by atoms with E-state index in [9.17, 15) is 8.42 Å². The predicted molar refractivity (Wildman–Crippen MR) is 79.7 cm³/mol. The molecule has 20 heavy (non-hydrogen) atoms. The van der Waals surface area contributed by atoms with Gasteiger partial charge in [-0.05, 0) is 50.5 Å². The lowest BCUT2D eigenvalue weighted by Crippen LogP contribution is -2.33. The van der Waals surface area contributed by atoms with Crippen molar-refractivity contribution in [2.45, 2.75) is 37.6 Å². The lowest BCUT2D eigenvalue weighted by molar-refractivity contribution is 0.408. The molecule has 2 rings (SSSR count). The number of benzene rings is 1. The molecule has 0 bridgehead atoms. The third-order valence-corrected chi connectivity index (χ3v) is 5.63. The summed E-state index contributed by atoms with van der Waals surface area (Å²) in [4.78, 5) is 0.349. The van der Waals surface area contributed by atoms with E-state index in [2.05, 4.69) is 11.8 Å². The summed E-state index contributed by atoms with van der Waals surface area (Å²) in [6.45, 7) is 4.73. The molecular weight excluding hydrogens is 272 g/mol. The molecule has 1 aromatic carbocycles. The van der Waals surface area contributed by atoms with Gasteiger partial charge in [0.1, 0.15) is 0 Å². The van der Waals surface area contributed by atoms with Crippen molar-refractivity contribution >= 4 is 10.0 Å². The molecule has 1 heterocycles. The maximum atomic E-state index is 12.6. The fourth-order valence-electron chi connectivity index (χ4n) is 2.48. The van der Waals surface area contributed by atoms with Crippen LogP contribution in [0.4, 0.5) is 0 Å². The zero-order valence-electron chi connectivity index (χ0n) is 11.9. The van der Waals surface area contributed by atoms with Gasteiger partial charge in [0, 0.05) is 18.2 Å². The molecule has 4 nitrogen and oxygen atoms in total. The van der Waals surface area contributed by atoms with E-state index in [1.165, 1.54) is 0 Å². The average molecular weight is 292 g/mol. The first-order chi connectivity index (χ1) is 9.46. The predicted octanol–water partition coefficient (Wildman–Crippen LogP) is 1.48. The molecule has 1 unspecified atom stereocenters. The van der Waals surface area contributed by atoms with Gasteiger partial charge < -0.3 is 5.73 Å². The highest BCUT2D eigenvalue weighted by molar-refractivity contribution is 7.89. The Bertz CT molecular complexity index is 656. The summed E-state index contributed by atoms with van der Waals surface area (Å²) in [6, 6.07) is 5.16. The second-order valence-corrected chi connectivity index (χ2v) is 6.98. The summed E-state index contributed by atoms with van der Waals surface area (Å²) in [5, 5.41) is 0. The molecule has 1 aliphatic rings. The second kappa shape index (κ2) is 5.96. The third-order valence-electron chi connectivity index (χ3n) is 3.62. The molecule has 0 spiro atoms. The van der Waals surface area contributed by atoms with Gasteiger partial charge in [-0.1, -0.05) is 11.8 Å². The van der Waals surface area contributed by atoms with Gasteiger partial charge in [0.2, 0.25) is 10.0 Å². The molecule has 0 amide bonds. The first-order valence-corrected chi connectivity index (χ1v) is 8.22. The van der Waals surface area contributed by atoms with Gasteiger partial charge in [0.05, 0.1) is 11.4 Å². The molecule has 0 aromatic heterocycles. The topological polar surface area (TPSA) is 63.4 Å². The van der Waals surface area contributed by atoms with E-state index in [1.54, 1.807) is 22.5 Å². The van der Waals surface area contributed by atoms with Gasteiger partial charge in [-0.15, -0.1) is 0 Å². The lowest BCUT2D eigenvalue weighted by Gasteiger charge is -2.21. The minimum Gasteiger partial charge on any atom is -0.320 e. The van der Waals surface area contributed by atoms with Crippen LogP contribution in [0.1, 0.15) is 30.9 Å². The Morgan fingerprint density at radius 2 is 2.20 bits per heavy atom. The molecule has 0 radical (unpaired) electrons. The quantitative estimate of drug-likeness (QED) is 0.840. The van der Waals surface area contributed by atoms with Crippen molar-refractivity contribution in [2.75, 3.05) is 13.1 Å². The summed E-state index contributed by atoms with van der Waals surface area (Å²) < 4.78 is 26.8. The number of nitrogens with two attached hydrogens (primary N) is 1. The van der Waals surface area contributed by atoms with Crippen LogP contribution in [0.25, 0.3) is 0 Å². The number of nitrogens with zero attached hydrogens (tertiary/aromatic N) is 1. The molecule has 108 valence electrons. The molecule has 1 aromatic rings. The summed E-state index contributed by atoms with van der Waals surface area (Å²) in [6.07, 6.45) is 1.86. The maximum absolute atomic E-state index is 12.6. The van der Waals surface area contributed by atoms with Crippen molar-refractivity contribution < 1.29 is 8.42 Å². The molecule has 1 saturated heterocycles. The molecule has 0 saturated carbocycles. The van der Waals surface area contributed by atoms with E-state index < -0.39 is 10.0 Å². The smallest absolute Gasteiger partial charge is 0.243 e. The number of hydrogen-bond acceptors (Lipinski definition) is 3. The fraction of sp³-hybridized carbons (Fsp3) is 0.467. The van der Waals surface area contributed by atoms with E-state index >= 15 is 0 Å². The van der Waals surface area contributed by atoms with Crippen LogP contribution in [-0.2, 0) is 10.0 Å². The minimum atomic E-state index is -3.39. The van der Waals surface area contributed by atoms with Crippen molar-refractivity contribution in [1.29, 1.82) is 0 Å². The van der Waals surface area contributed by atoms with Crippen molar-refractivity contribution in [3.05, 3.63) is 29.3 Å². The second-order valence-electron chi connectivity index (χ2n) is 5.09. The maximum Gasteiger partial charge on any atom is 0.243 e. The SMILES string of the molecule is Cc1cc(S(=O)(=O)N2CCCC2C)ccc1C#CCN. The Balaban J connectivity index is 2.36. The van der Waals surface area contributed by atoms with Crippen LogP contribution in [0, 0.1) is 18.8 Å². The van der Waals surface area contributed by atoms with E-state index in [0.29, 0.717) is 18.0 Å². The van der Waals surface area contributed by atoms with Crippen LogP contribution in [0.2, 0.25) is 0 Å². The van der Waals surface area contributed by atoms with Crippen LogP contribution < -0.4 is 5.73 Å². The van der Waals surface area contributed by atoms with Crippen LogP contribution in [-0.4, -0.2) is 31.9 Å². The average Bonchev–Trinajstić information content (AvgIpc) is 2.84. The van der Waals surface area contributed by atoms with Crippen molar-refractivity contribution in [3.8, 4) is 11.8 Å². The highest BCUT2D eigenvalue weighted by atomic mass is 32.2. The molecule has 1 atom stereocenters. The van der Waals surface area contributed by atoms with Crippen LogP contribution in [0.5, 0.6) is 0 Å². The Morgan fingerprint density at radius 3 is 2.75 bits per heavy atom. The monoisotopic (exact) mass is 292 g/mol. The van der Waals surface area contributed by atoms with Crippen LogP contribution in [0.15, 0.2) is 23.1 Å². The third kappa shape index (κ3) is 2.88. The van der Waals surface area contributed by atoms with E-state index in [-0.39, 0.29) is 6.04 Å². The Morgan fingerprint density at radius 1 is 1.45 bits per heavy atom. The van der Waals surface area contributed by atoms with Gasteiger partial charge in [-0.25, -0.2) is 8.42 Å². The summed E-state index contributed by atoms with van der Waals surface area (Å²) in [5.41, 5.74) is 7.03. The Labute approximate surface area is 121 Å². The van der Waals surface area contributed by atoms with Gasteiger partial charge in [-0.2, -0.15) is 4.31 Å². The molecular formula is C15H20N2O2S. The summed E-state index contributed by atoms with van der Waals surface area (Å²) in [7, 11) is -3.39. The largest absolute Gasteiger partial charge is 0.320 e. The zero-order valence-corrected chi connectivity index (χ0v) is 12.7. The number of rotatable bonds is 2. The van der Waals surface area contributed by atoms with E-state index in [0.717, 1.165) is 24.0 Å². The number of aryl methyl sites for hydroxylation is 1. The molecule has 1 aliphatic heterocycles. The van der Waals surface area contributed by atoms with Gasteiger partial charge >= 0.3 is 0 Å². The first kappa shape index (κ1) is 15.0. The molecule has 2 N–H and O–H groups in total. The van der Waals surface area contributed by atoms with E-state index in [4.69, 9.17) is 5.73 Å². The highest BCUT2D eigenvalue weighted by Gasteiger charge is 2.32. The van der Waals surface area contributed by atoms with Crippen LogP contribution >= 0.6 is 0 Å². The standard InChI is InChI=1S/C15H20N2O2S/c1-12-11-15(8-7-14(12)6-3-9-16)20(18,19)17-10-4-5-13(17)2/h7-8,11,13H,4-5,9-10,16H2,1-2H3. The summed E-state index contributed by atoms with van der Waals surface area (Å²) >= 11 is 0. The minimum absolute atomic E-state index is 0.0806. The highest BCUT2D eigenvalue weighted by Crippen LogP contribution is 2.26. The van der Waals surface area contributed by atoms with Crippen LogP contribution in [0.3, 0.4) is 0 Å². The zero-order chi connectivity index (χ0) is 14.8. The number of sulfonamides is 1. The molecule has 1 fully saturated rings. The van der Waals surface area contributed by atoms with Gasteiger partial charge in [0.15, 0.2) is 0 Å². The van der Waals surface area contributed by atoms with E-state index in [1.807, 2.05) is 13.8 Å². The van der Waals surface area contributed by atoms with Crippen molar-refractivity contribution in [1.82, 2.24) is 4.31 Å². The molecule has 5 heteroatoms. The first-order valence-electron chi connectivity index (χ1n) is 6.78. The van der Waals surface area contributed by atoms with Crippen molar-refractivity contribution in [3.63, 3.8) is 0 Å². The Kier molecular flexibility index (Phi) is 4.48. The fourth-order valence-corrected chi connectivity index (χ4v) is 4.27. The summed E-state index contributed by atoms with van der Waals surface area (Å²) in [5.74, 6) is 5.73. The number of hydrogen-bond donors (Lipinski definition) is 1. The van der Waals surface area contributed by atoms with Gasteiger partial charge in [0.25, 0.3) is 0 Å². The Hall–Kier alpha value is -1.35. The van der Waals surface area contributed by atoms with Gasteiger partial charge in [-0.3, -0.25) is 0 Å². The lowest BCUT2D eigenvalue weighted by atomic mass is 10.1. The molecule has 0 aliphatic carbocycles. The van der Waals surface area contributed by atoms with Crippen molar-refractivity contribution in [2.24, 2.45) is 5.73 Å².